The van der Waals surface area contributed by atoms with Gasteiger partial charge in [-0.2, -0.15) is 0 Å². The van der Waals surface area contributed by atoms with E-state index in [1.165, 1.54) is 131 Å². The zero-order valence-corrected chi connectivity index (χ0v) is 76.3. The van der Waals surface area contributed by atoms with E-state index in [0.717, 1.165) is 74.2 Å². The quantitative estimate of drug-likeness (QED) is 0.0331. The molecule has 0 spiro atoms. The van der Waals surface area contributed by atoms with E-state index in [4.69, 9.17) is 42.5 Å². The molecule has 0 saturated heterocycles. The summed E-state index contributed by atoms with van der Waals surface area (Å²) in [6.07, 6.45) is 41.1. The van der Waals surface area contributed by atoms with Gasteiger partial charge in [0.2, 0.25) is 16.5 Å². The minimum Gasteiger partial charge on any atom is -0.349 e. The maximum absolute atomic E-state index is 11.2. The van der Waals surface area contributed by atoms with Gasteiger partial charge in [0.1, 0.15) is 5.15 Å². The number of nitro benzene ring substituents is 1. The predicted octanol–water partition coefficient (Wildman–Crippen LogP) is 24.1. The Labute approximate surface area is 725 Å². The van der Waals surface area contributed by atoms with E-state index in [0.29, 0.717) is 22.4 Å². The molecule has 120 heavy (non-hydrogen) atoms. The van der Waals surface area contributed by atoms with Crippen molar-refractivity contribution in [1.82, 2.24) is 78.1 Å². The minimum atomic E-state index is -2.37. The van der Waals surface area contributed by atoms with Crippen molar-refractivity contribution in [1.29, 1.82) is 0 Å². The molecule has 0 radical (unpaired) electrons. The molecule has 0 atom stereocenters. The molecule has 26 heteroatoms. The zero-order valence-electron chi connectivity index (χ0n) is 73.2. The molecule has 626 valence electrons. The van der Waals surface area contributed by atoms with Gasteiger partial charge in [0.05, 0.1) is 83.5 Å². The van der Waals surface area contributed by atoms with Gasteiger partial charge in [-0.05, 0) is 220 Å². The molecule has 0 unspecified atom stereocenters. The van der Waals surface area contributed by atoms with Gasteiger partial charge >= 0.3 is 147 Å². The summed E-state index contributed by atoms with van der Waals surface area (Å²) in [6, 6.07) is 37.4. The van der Waals surface area contributed by atoms with Gasteiger partial charge in [0.25, 0.3) is 5.69 Å². The summed E-state index contributed by atoms with van der Waals surface area (Å²) in [4.78, 5) is 61.4. The summed E-state index contributed by atoms with van der Waals surface area (Å²) in [6.45, 7) is 23.4. The molecular formula is C94H109Cl3F2N18O2Sn. The maximum atomic E-state index is 11.2. The third kappa shape index (κ3) is 25.5. The number of hydrogen-bond acceptors (Lipinski definition) is 15. The fraction of sp³-hybridized carbons (Fsp3) is 0.298. The van der Waals surface area contributed by atoms with Crippen molar-refractivity contribution < 1.29 is 16.4 Å². The molecule has 0 aliphatic heterocycles. The number of nitro groups is 1. The van der Waals surface area contributed by atoms with E-state index in [9.17, 15) is 18.9 Å². The molecule has 20 nitrogen and oxygen atoms in total. The molecule has 0 bridgehead atoms. The number of nitrogens with one attached hydrogen (secondary N) is 1. The molecule has 15 aromatic rings. The van der Waals surface area contributed by atoms with E-state index in [1.807, 2.05) is 129 Å². The number of halogens is 5. The smallest absolute Gasteiger partial charge is 0.274 e. The number of pyridine rings is 6. The van der Waals surface area contributed by atoms with Crippen molar-refractivity contribution in [2.75, 3.05) is 19.6 Å². The fourth-order valence-corrected chi connectivity index (χ4v) is 31.3. The average molecular weight is 1790 g/mol. The van der Waals surface area contributed by atoms with Crippen LogP contribution in [0, 0.1) is 58.6 Å². The third-order valence-electron chi connectivity index (χ3n) is 20.7. The van der Waals surface area contributed by atoms with Gasteiger partial charge in [0.15, 0.2) is 0 Å². The van der Waals surface area contributed by atoms with Crippen LogP contribution >= 0.6 is 34.8 Å². The van der Waals surface area contributed by atoms with Crippen molar-refractivity contribution in [3.63, 3.8) is 0 Å². The largest absolute Gasteiger partial charge is 0.349 e. The van der Waals surface area contributed by atoms with Gasteiger partial charge in [-0.15, -0.1) is 0 Å². The van der Waals surface area contributed by atoms with E-state index in [1.54, 1.807) is 47.4 Å². The number of benzene rings is 2. The number of aryl methyl sites for hydroxylation is 11. The molecule has 0 fully saturated rings. The van der Waals surface area contributed by atoms with Crippen molar-refractivity contribution >= 4 is 130 Å². The third-order valence-corrected chi connectivity index (χ3v) is 36.8. The molecule has 0 saturated carbocycles. The van der Waals surface area contributed by atoms with Crippen LogP contribution < -0.4 is 8.90 Å². The Morgan fingerprint density at radius 2 is 0.917 bits per heavy atom. The van der Waals surface area contributed by atoms with Gasteiger partial charge in [-0.25, -0.2) is 29.9 Å². The molecule has 0 amide bonds. The number of alkyl halides is 2. The Bertz CT molecular complexity index is 5850. The van der Waals surface area contributed by atoms with Crippen LogP contribution in [0.2, 0.25) is 29.0 Å². The van der Waals surface area contributed by atoms with Crippen molar-refractivity contribution in [3.05, 3.63) is 295 Å². The van der Waals surface area contributed by atoms with Crippen molar-refractivity contribution in [2.24, 2.45) is 28.2 Å². The Hall–Kier alpha value is -11.1. The summed E-state index contributed by atoms with van der Waals surface area (Å²) >= 11 is 14.2. The van der Waals surface area contributed by atoms with Gasteiger partial charge in [-0.3, -0.25) is 43.8 Å². The van der Waals surface area contributed by atoms with Crippen LogP contribution in [0.5, 0.6) is 0 Å². The topological polar surface area (TPSA) is 230 Å². The number of anilines is 2. The summed E-state index contributed by atoms with van der Waals surface area (Å²) in [7, 11) is 6.18. The Balaban J connectivity index is 0.000000178. The number of allylic oxidation sites excluding steroid dienone is 3. The van der Waals surface area contributed by atoms with Crippen LogP contribution in [-0.2, 0) is 41.0 Å². The van der Waals surface area contributed by atoms with E-state index >= 15 is 0 Å². The number of nitrogens with zero attached hydrogens (tertiary/aromatic N) is 17. The predicted molar refractivity (Wildman–Crippen MR) is 495 cm³/mol. The van der Waals surface area contributed by atoms with Gasteiger partial charge < -0.3 is 19.0 Å². The van der Waals surface area contributed by atoms with Crippen LogP contribution in [0.15, 0.2) is 208 Å². The van der Waals surface area contributed by atoms with Crippen LogP contribution in [-0.4, -0.2) is 116 Å². The van der Waals surface area contributed by atoms with Crippen LogP contribution in [0.3, 0.4) is 0 Å². The first kappa shape index (κ1) is 91.3. The van der Waals surface area contributed by atoms with Crippen molar-refractivity contribution in [2.45, 2.75) is 141 Å². The second-order valence-corrected chi connectivity index (χ2v) is 43.4. The summed E-state index contributed by atoms with van der Waals surface area (Å²) in [5, 5.41) is 15.1. The van der Waals surface area contributed by atoms with Gasteiger partial charge in [0, 0.05) is 112 Å². The van der Waals surface area contributed by atoms with Gasteiger partial charge in [-0.1, -0.05) is 48.0 Å². The minimum absolute atomic E-state index is 0.0579. The number of unbranched alkanes of at least 4 members (excludes halogenated alkanes) is 3. The Kier molecular flexibility index (Phi) is 35.8. The molecule has 1 N–H and O–H groups in total. The molecular weight excluding hydrogens is 1680 g/mol. The molecule has 2 aromatic carbocycles. The van der Waals surface area contributed by atoms with Crippen molar-refractivity contribution in [3.8, 4) is 22.5 Å². The number of rotatable bonds is 15. The normalized spacial score (nSPS) is 11.4. The van der Waals surface area contributed by atoms with Crippen LogP contribution in [0.1, 0.15) is 130 Å². The standard InChI is InChI=1S/C20H18N6O2.C12H9ClN4.C10H14.C9H10N2.C9H9N.C8H7N2.C8H7N.C4H2Cl2N2.3C4H9.2CH3F.Sn/c1-12-9-13(2)18(26(27)28)10-16(12)24-20-22-8-6-15(23-20)14-11-25(3)17-5-4-7-21-19(14)17;1-17-7-8(9-4-6-15-12(13)16-9)11-10(17)3-2-5-14-11;1-7-5-9(3)10(4)6-8(7)2;1-7-6-11(2)8-4-3-5-10-9(7)8;1-7-4-5-8-3-2-6-10-9(7)8;1-10-6-4-7-8(10)3-2-5-9-7;1-3-7-4-2-6-9-8(7)5-1;5-3-1-2-7-4(6)8-3;3*1-3-4-2;2*1-2;/h4-11H,1-3H3,(H,22,23,24);2-7H,1H3;5-6H,1-4H3;3-6H,1-2H3;2-4,6H,5H2,1H3;2-3,5-6H,1H3;1-2,4-6H,3H2;1-2H;3*1,3-4H2,2H3;2*1H3;/i;;;;;;;;;;;2*1D;. The fourth-order valence-electron chi connectivity index (χ4n) is 14.3. The number of aromatic nitrogens is 16. The summed E-state index contributed by atoms with van der Waals surface area (Å²) < 4.78 is 45.7. The molecule has 17 rings (SSSR count). The molecule has 2 aliphatic carbocycles. The van der Waals surface area contributed by atoms with Crippen LogP contribution in [0.4, 0.5) is 26.1 Å². The monoisotopic (exact) mass is 1790 g/mol. The SMILES string of the molecule is C1=Cc2ncccc2C1.CC1=CCc2cccnc21.CCC[CH2][Sn]([CH2]CCC)([CH2]CCC)[c]1cn(C)c2cccnc12.Cc1cc(C)c(C)cc1C.Cc1cc(C)c([N+](=O)[O-])cc1Nc1nccc(-c2cn(C)c3cccnc23)n1.Cc1cn(C)c2cccnc12.Clc1ccnc(Cl)n1.Cn1cc(-c2ccnc(Cl)n2)c2ncccc21.[2H]CF.[2H]CF. The Morgan fingerprint density at radius 1 is 0.475 bits per heavy atom. The Morgan fingerprint density at radius 3 is 1.41 bits per heavy atom. The first-order chi connectivity index (χ1) is 58.7. The number of hydrogen-bond donors (Lipinski definition) is 1. The van der Waals surface area contributed by atoms with Crippen LogP contribution in [0.25, 0.3) is 78.3 Å². The summed E-state index contributed by atoms with van der Waals surface area (Å²) in [5.74, 6) is 0.367. The number of fused-ring (bicyclic) bond motifs is 6. The van der Waals surface area contributed by atoms with E-state index in [-0.39, 0.29) is 21.2 Å². The second-order valence-electron chi connectivity index (χ2n) is 29.2. The molecule has 13 aromatic heterocycles. The maximum Gasteiger partial charge on any atom is 0.274 e. The molecule has 2 aliphatic rings. The second kappa shape index (κ2) is 47.1. The summed E-state index contributed by atoms with van der Waals surface area (Å²) in [5.41, 5.74) is 27.5. The first-order valence-corrected chi connectivity index (χ1v) is 48.4. The average Bonchev–Trinajstić information content (AvgIpc) is 1.64. The molecule has 13 heterocycles. The zero-order chi connectivity index (χ0) is 88.4. The first-order valence-electron chi connectivity index (χ1n) is 41.2. The van der Waals surface area contributed by atoms with E-state index in [2.05, 4.69) is 212 Å². The van der Waals surface area contributed by atoms with E-state index < -0.39 is 32.7 Å².